The number of aromatic nitrogens is 5. The van der Waals surface area contributed by atoms with Gasteiger partial charge in [-0.15, -0.1) is 0 Å². The monoisotopic (exact) mass is 523 g/mol. The van der Waals surface area contributed by atoms with Crippen LogP contribution in [0.2, 0.25) is 0 Å². The number of rotatable bonds is 10. The molecule has 202 valence electrons. The maximum atomic E-state index is 5.84. The lowest BCUT2D eigenvalue weighted by atomic mass is 10.2. The average molecular weight is 524 g/mol. The second-order valence-electron chi connectivity index (χ2n) is 10.4. The lowest BCUT2D eigenvalue weighted by Crippen LogP contribution is -2.44. The zero-order chi connectivity index (χ0) is 26.6. The third kappa shape index (κ3) is 5.52. The molecule has 1 aromatic carbocycles. The number of nitrogens with zero attached hydrogens (tertiary/aromatic N) is 7. The number of aromatic amines is 1. The van der Waals surface area contributed by atoms with Crippen LogP contribution in [0.25, 0.3) is 27.8 Å². The van der Waals surface area contributed by atoms with Gasteiger partial charge in [-0.25, -0.2) is 9.97 Å². The molecule has 0 spiro atoms. The van der Waals surface area contributed by atoms with E-state index in [1.54, 1.807) is 0 Å². The summed E-state index contributed by atoms with van der Waals surface area (Å²) in [7, 11) is 2.18. The van der Waals surface area contributed by atoms with Crippen LogP contribution in [0.3, 0.4) is 0 Å². The van der Waals surface area contributed by atoms with Crippen LogP contribution in [-0.2, 0) is 13.1 Å². The number of nitrogens with two attached hydrogens (primary N) is 1. The van der Waals surface area contributed by atoms with E-state index in [0.717, 1.165) is 73.9 Å². The highest BCUT2D eigenvalue weighted by atomic mass is 15.3. The number of imidazole rings is 1. The predicted molar refractivity (Wildman–Crippen MR) is 157 cm³/mol. The van der Waals surface area contributed by atoms with E-state index in [2.05, 4.69) is 84.9 Å². The Balaban J connectivity index is 1.28. The van der Waals surface area contributed by atoms with E-state index in [-0.39, 0.29) is 0 Å². The van der Waals surface area contributed by atoms with Gasteiger partial charge in [-0.2, -0.15) is 0 Å². The number of hydrogen-bond donors (Lipinski definition) is 2. The molecule has 5 aromatic rings. The van der Waals surface area contributed by atoms with Gasteiger partial charge in [0.1, 0.15) is 11.3 Å². The van der Waals surface area contributed by atoms with Crippen LogP contribution in [0.5, 0.6) is 0 Å². The van der Waals surface area contributed by atoms with Crippen LogP contribution >= 0.6 is 0 Å². The molecular weight excluding hydrogens is 486 g/mol. The maximum Gasteiger partial charge on any atom is 0.179 e. The van der Waals surface area contributed by atoms with Crippen LogP contribution in [-0.4, -0.2) is 80.6 Å². The number of nitrogens with one attached hydrogen (secondary N) is 1. The zero-order valence-electron chi connectivity index (χ0n) is 22.6. The Morgan fingerprint density at radius 2 is 1.77 bits per heavy atom. The summed E-state index contributed by atoms with van der Waals surface area (Å²) < 4.78 is 2.24. The molecule has 0 radical (unpaired) electrons. The van der Waals surface area contributed by atoms with Gasteiger partial charge in [0.15, 0.2) is 5.65 Å². The van der Waals surface area contributed by atoms with Crippen molar-refractivity contribution in [3.05, 3.63) is 78.6 Å². The van der Waals surface area contributed by atoms with Crippen molar-refractivity contribution in [1.29, 1.82) is 0 Å². The van der Waals surface area contributed by atoms with Crippen LogP contribution < -0.4 is 10.6 Å². The Bertz CT molecular complexity index is 1530. The maximum absolute atomic E-state index is 5.84. The third-order valence-electron chi connectivity index (χ3n) is 7.66. The Kier molecular flexibility index (Phi) is 7.53. The molecule has 1 saturated heterocycles. The molecule has 0 aliphatic carbocycles. The quantitative estimate of drug-likeness (QED) is 0.269. The fraction of sp³-hybridized carbons (Fsp3) is 0.367. The number of piperazine rings is 1. The van der Waals surface area contributed by atoms with Crippen molar-refractivity contribution in [3.8, 4) is 5.69 Å². The van der Waals surface area contributed by atoms with Gasteiger partial charge in [-0.1, -0.05) is 18.2 Å². The van der Waals surface area contributed by atoms with E-state index in [1.165, 1.54) is 16.6 Å². The first-order valence-electron chi connectivity index (χ1n) is 13.9. The molecule has 5 heterocycles. The van der Waals surface area contributed by atoms with Crippen molar-refractivity contribution in [2.75, 3.05) is 51.2 Å². The smallest absolute Gasteiger partial charge is 0.179 e. The van der Waals surface area contributed by atoms with Gasteiger partial charge in [-0.3, -0.25) is 9.88 Å². The first-order chi connectivity index (χ1) is 19.2. The number of hydrogen-bond acceptors (Lipinski definition) is 7. The minimum atomic E-state index is 0.686. The molecule has 0 unspecified atom stereocenters. The number of fused-ring (bicyclic) bond motifs is 2. The second-order valence-corrected chi connectivity index (χ2v) is 10.4. The lowest BCUT2D eigenvalue weighted by molar-refractivity contribution is 0.243. The first-order valence-corrected chi connectivity index (χ1v) is 13.9. The van der Waals surface area contributed by atoms with Crippen molar-refractivity contribution in [1.82, 2.24) is 34.3 Å². The molecule has 3 N–H and O–H groups in total. The molecule has 6 rings (SSSR count). The number of H-pyrrole nitrogens is 1. The fourth-order valence-corrected chi connectivity index (χ4v) is 5.51. The minimum absolute atomic E-state index is 0.686. The molecule has 1 fully saturated rings. The summed E-state index contributed by atoms with van der Waals surface area (Å²) in [5.41, 5.74) is 12.2. The largest absolute Gasteiger partial charge is 0.367 e. The SMILES string of the molecule is CN1CCN(c2ccnc3nc(CN(CCCCN)Cc4ncccc4-n4ccc5ccccc54)[nH]c23)CC1. The summed E-state index contributed by atoms with van der Waals surface area (Å²) in [6, 6.07) is 16.9. The summed E-state index contributed by atoms with van der Waals surface area (Å²) in [6.45, 7) is 7.13. The van der Waals surface area contributed by atoms with E-state index in [9.17, 15) is 0 Å². The molecular formula is C30H37N9. The van der Waals surface area contributed by atoms with Crippen molar-refractivity contribution < 1.29 is 0 Å². The molecule has 4 aromatic heterocycles. The van der Waals surface area contributed by atoms with Crippen molar-refractivity contribution in [2.24, 2.45) is 5.73 Å². The van der Waals surface area contributed by atoms with E-state index < -0.39 is 0 Å². The number of unbranched alkanes of at least 4 members (excludes halogenated alkanes) is 1. The van der Waals surface area contributed by atoms with E-state index >= 15 is 0 Å². The van der Waals surface area contributed by atoms with E-state index in [4.69, 9.17) is 15.7 Å². The Labute approximate surface area is 229 Å². The number of likely N-dealkylation sites (N-methyl/N-ethyl adjacent to an activating group) is 1. The van der Waals surface area contributed by atoms with Gasteiger partial charge in [0.05, 0.1) is 29.1 Å². The molecule has 9 nitrogen and oxygen atoms in total. The van der Waals surface area contributed by atoms with Crippen molar-refractivity contribution >= 4 is 27.8 Å². The Hall–Kier alpha value is -3.79. The highest BCUT2D eigenvalue weighted by Gasteiger charge is 2.20. The molecule has 0 bridgehead atoms. The van der Waals surface area contributed by atoms with E-state index in [0.29, 0.717) is 19.6 Å². The summed E-state index contributed by atoms with van der Waals surface area (Å²) in [5, 5.41) is 1.22. The highest BCUT2D eigenvalue weighted by Crippen LogP contribution is 2.26. The van der Waals surface area contributed by atoms with Gasteiger partial charge in [0.2, 0.25) is 0 Å². The number of pyridine rings is 2. The number of benzene rings is 1. The molecule has 0 atom stereocenters. The van der Waals surface area contributed by atoms with E-state index in [1.807, 2.05) is 18.5 Å². The molecule has 1 aliphatic heterocycles. The second kappa shape index (κ2) is 11.5. The fourth-order valence-electron chi connectivity index (χ4n) is 5.51. The normalized spacial score (nSPS) is 14.7. The molecule has 39 heavy (non-hydrogen) atoms. The lowest BCUT2D eigenvalue weighted by Gasteiger charge is -2.34. The Morgan fingerprint density at radius 1 is 0.897 bits per heavy atom. The average Bonchev–Trinajstić information content (AvgIpc) is 3.58. The molecule has 1 aliphatic rings. The van der Waals surface area contributed by atoms with Gasteiger partial charge in [0.25, 0.3) is 0 Å². The van der Waals surface area contributed by atoms with Crippen molar-refractivity contribution in [2.45, 2.75) is 25.9 Å². The summed E-state index contributed by atoms with van der Waals surface area (Å²) >= 11 is 0. The van der Waals surface area contributed by atoms with Gasteiger partial charge >= 0.3 is 0 Å². The molecule has 0 saturated carbocycles. The van der Waals surface area contributed by atoms with Crippen LogP contribution in [0.1, 0.15) is 24.4 Å². The first kappa shape index (κ1) is 25.5. The third-order valence-corrected chi connectivity index (χ3v) is 7.66. The van der Waals surface area contributed by atoms with Gasteiger partial charge < -0.3 is 25.1 Å². The van der Waals surface area contributed by atoms with Gasteiger partial charge in [0, 0.05) is 51.3 Å². The standard InChI is InChI=1S/C30H37N9/c1-36-17-19-38(20-18-36)27-10-14-33-30-29(27)34-28(35-30)22-37(15-5-4-12-31)21-24-26(9-6-13-32-24)39-16-11-23-7-2-3-8-25(23)39/h2-3,6-11,13-14,16H,4-5,12,15,17-22,31H2,1H3,(H,33,34,35). The topological polar surface area (TPSA) is 95.1 Å². The number of para-hydroxylation sites is 1. The Morgan fingerprint density at radius 3 is 2.64 bits per heavy atom. The highest BCUT2D eigenvalue weighted by molar-refractivity contribution is 5.86. The van der Waals surface area contributed by atoms with Crippen LogP contribution in [0.4, 0.5) is 5.69 Å². The van der Waals surface area contributed by atoms with Crippen LogP contribution in [0.15, 0.2) is 67.1 Å². The zero-order valence-corrected chi connectivity index (χ0v) is 22.6. The predicted octanol–water partition coefficient (Wildman–Crippen LogP) is 3.79. The van der Waals surface area contributed by atoms with Crippen molar-refractivity contribution in [3.63, 3.8) is 0 Å². The van der Waals surface area contributed by atoms with Gasteiger partial charge in [-0.05, 0) is 68.7 Å². The molecule has 0 amide bonds. The molecule has 9 heteroatoms. The summed E-state index contributed by atoms with van der Waals surface area (Å²) in [4.78, 5) is 25.2. The minimum Gasteiger partial charge on any atom is -0.367 e. The summed E-state index contributed by atoms with van der Waals surface area (Å²) in [6.07, 6.45) is 7.91. The summed E-state index contributed by atoms with van der Waals surface area (Å²) in [5.74, 6) is 0.927. The number of anilines is 1. The van der Waals surface area contributed by atoms with Crippen LogP contribution in [0, 0.1) is 0 Å².